The molecule has 2 aliphatic carbocycles. The third-order valence-corrected chi connectivity index (χ3v) is 10.4. The van der Waals surface area contributed by atoms with Crippen LogP contribution in [-0.4, -0.2) is 43.7 Å². The smallest absolute Gasteiger partial charge is 0.338 e. The summed E-state index contributed by atoms with van der Waals surface area (Å²) in [6.45, 7) is 6.64. The van der Waals surface area contributed by atoms with Gasteiger partial charge < -0.3 is 4.74 Å². The van der Waals surface area contributed by atoms with Crippen molar-refractivity contribution in [3.63, 3.8) is 0 Å². The molecule has 6 nitrogen and oxygen atoms in total. The number of sulfonamides is 1. The minimum absolute atomic E-state index is 0.0451. The summed E-state index contributed by atoms with van der Waals surface area (Å²) in [5, 5.41) is 0. The third kappa shape index (κ3) is 4.72. The van der Waals surface area contributed by atoms with Crippen molar-refractivity contribution in [2.75, 3.05) is 13.2 Å². The maximum atomic E-state index is 13.7. The molecule has 7 heteroatoms. The van der Waals surface area contributed by atoms with Gasteiger partial charge in [0.15, 0.2) is 12.4 Å². The molecule has 6 rings (SSSR count). The number of nitrogens with zero attached hydrogens (tertiary/aromatic N) is 1. The topological polar surface area (TPSA) is 80.8 Å². The second-order valence-electron chi connectivity index (χ2n) is 12.5. The molecule has 39 heavy (non-hydrogen) atoms. The zero-order valence-electron chi connectivity index (χ0n) is 22.6. The summed E-state index contributed by atoms with van der Waals surface area (Å²) >= 11 is 0. The number of esters is 1. The summed E-state index contributed by atoms with van der Waals surface area (Å²) in [6.07, 6.45) is 3.50. The highest BCUT2D eigenvalue weighted by Crippen LogP contribution is 2.53. The van der Waals surface area contributed by atoms with Gasteiger partial charge in [-0.1, -0.05) is 63.2 Å². The van der Waals surface area contributed by atoms with Gasteiger partial charge in [-0.05, 0) is 83.0 Å². The Morgan fingerprint density at radius 3 is 2.49 bits per heavy atom. The minimum atomic E-state index is -3.78. The molecule has 202 valence electrons. The maximum absolute atomic E-state index is 13.7. The first-order chi connectivity index (χ1) is 18.4. The summed E-state index contributed by atoms with van der Waals surface area (Å²) < 4.78 is 34.3. The number of Topliss-reactive ketones (excluding diaryl/α,β-unsaturated/α-hetero) is 1. The van der Waals surface area contributed by atoms with E-state index in [0.29, 0.717) is 12.1 Å². The van der Waals surface area contributed by atoms with E-state index in [-0.39, 0.29) is 33.1 Å². The van der Waals surface area contributed by atoms with Crippen molar-refractivity contribution >= 4 is 21.8 Å². The van der Waals surface area contributed by atoms with Gasteiger partial charge in [0, 0.05) is 18.2 Å². The monoisotopic (exact) mass is 543 g/mol. The second kappa shape index (κ2) is 9.14. The highest BCUT2D eigenvalue weighted by atomic mass is 32.2. The van der Waals surface area contributed by atoms with Crippen LogP contribution in [0.3, 0.4) is 0 Å². The molecule has 0 amide bonds. The zero-order valence-corrected chi connectivity index (χ0v) is 23.4. The molecule has 3 aliphatic rings. The average Bonchev–Trinajstić information content (AvgIpc) is 3.39. The van der Waals surface area contributed by atoms with Crippen LogP contribution in [0.1, 0.15) is 71.9 Å². The summed E-state index contributed by atoms with van der Waals surface area (Å²) in [7, 11) is -3.78. The summed E-state index contributed by atoms with van der Waals surface area (Å²) in [5.41, 5.74) is 5.18. The van der Waals surface area contributed by atoms with Crippen molar-refractivity contribution in [3.05, 3.63) is 89.0 Å². The van der Waals surface area contributed by atoms with Crippen LogP contribution in [0.25, 0.3) is 11.1 Å². The molecule has 1 saturated heterocycles. The number of ketones is 1. The van der Waals surface area contributed by atoms with E-state index in [4.69, 9.17) is 4.74 Å². The fourth-order valence-electron chi connectivity index (χ4n) is 7.20. The molecule has 2 atom stereocenters. The molecule has 2 fully saturated rings. The normalized spacial score (nSPS) is 23.2. The predicted octanol–water partition coefficient (Wildman–Crippen LogP) is 5.89. The minimum Gasteiger partial charge on any atom is -0.454 e. The first-order valence-electron chi connectivity index (χ1n) is 13.5. The first kappa shape index (κ1) is 26.0. The Morgan fingerprint density at radius 2 is 1.67 bits per heavy atom. The fourth-order valence-corrected chi connectivity index (χ4v) is 9.02. The van der Waals surface area contributed by atoms with Crippen molar-refractivity contribution in [1.29, 1.82) is 0 Å². The Labute approximate surface area is 230 Å². The van der Waals surface area contributed by atoms with Gasteiger partial charge in [-0.25, -0.2) is 13.2 Å². The number of carbonyl (C=O) groups excluding carboxylic acids is 2. The van der Waals surface area contributed by atoms with E-state index in [1.54, 1.807) is 16.4 Å². The number of rotatable bonds is 6. The van der Waals surface area contributed by atoms with Gasteiger partial charge >= 0.3 is 5.97 Å². The molecule has 0 N–H and O–H groups in total. The van der Waals surface area contributed by atoms with Gasteiger partial charge in [-0.2, -0.15) is 4.31 Å². The molecule has 1 heterocycles. The van der Waals surface area contributed by atoms with Gasteiger partial charge in [0.25, 0.3) is 0 Å². The predicted molar refractivity (Wildman–Crippen MR) is 149 cm³/mol. The molecular weight excluding hydrogens is 510 g/mol. The van der Waals surface area contributed by atoms with Crippen LogP contribution < -0.4 is 0 Å². The van der Waals surface area contributed by atoms with Gasteiger partial charge in [0.05, 0.1) is 10.5 Å². The number of ether oxygens (including phenoxy) is 1. The summed E-state index contributed by atoms with van der Waals surface area (Å²) in [4.78, 5) is 25.8. The van der Waals surface area contributed by atoms with Crippen molar-refractivity contribution in [3.8, 4) is 11.1 Å². The highest BCUT2D eigenvalue weighted by molar-refractivity contribution is 7.89. The first-order valence-corrected chi connectivity index (χ1v) is 14.9. The lowest BCUT2D eigenvalue weighted by atomic mass is 9.65. The Morgan fingerprint density at radius 1 is 0.897 bits per heavy atom. The molecule has 0 spiro atoms. The Kier molecular flexibility index (Phi) is 6.08. The van der Waals surface area contributed by atoms with Crippen LogP contribution in [0.4, 0.5) is 0 Å². The standard InChI is InChI=1S/C32H33NO5S/c1-31(2)16-25-17-32(3,19-31)20-33(25)39(36,37)26-9-6-8-24(14-26)30(35)38-18-29(34)23-12-11-22-13-21-7-4-5-10-27(21)28(22)15-23/h4-12,14-15,25H,13,16-20H2,1-3H3. The SMILES string of the molecule is CC1(C)CC2CC(C)(CN2S(=O)(=O)c2cccc(C(=O)OCC(=O)c3ccc4c(c3)-c3ccccc3C4)c2)C1. The number of benzene rings is 3. The van der Waals surface area contributed by atoms with Crippen molar-refractivity contribution in [1.82, 2.24) is 4.31 Å². The molecule has 0 aromatic heterocycles. The molecule has 2 unspecified atom stereocenters. The van der Waals surface area contributed by atoms with E-state index in [1.807, 2.05) is 30.3 Å². The molecule has 1 aliphatic heterocycles. The second-order valence-corrected chi connectivity index (χ2v) is 14.4. The number of carbonyl (C=O) groups is 2. The van der Waals surface area contributed by atoms with E-state index >= 15 is 0 Å². The number of hydrogen-bond donors (Lipinski definition) is 0. The van der Waals surface area contributed by atoms with Gasteiger partial charge in [-0.3, -0.25) is 4.79 Å². The zero-order chi connectivity index (χ0) is 27.6. The largest absolute Gasteiger partial charge is 0.454 e. The van der Waals surface area contributed by atoms with Gasteiger partial charge in [-0.15, -0.1) is 0 Å². The van der Waals surface area contributed by atoms with E-state index in [9.17, 15) is 18.0 Å². The average molecular weight is 544 g/mol. The van der Waals surface area contributed by atoms with Gasteiger partial charge in [0.2, 0.25) is 10.0 Å². The van der Waals surface area contributed by atoms with E-state index in [0.717, 1.165) is 36.8 Å². The van der Waals surface area contributed by atoms with Crippen LogP contribution >= 0.6 is 0 Å². The Bertz CT molecular complexity index is 1610. The van der Waals surface area contributed by atoms with Crippen LogP contribution in [0.15, 0.2) is 71.6 Å². The van der Waals surface area contributed by atoms with Crippen molar-refractivity contribution < 1.29 is 22.7 Å². The quantitative estimate of drug-likeness (QED) is 0.224. The Hall–Kier alpha value is -3.29. The molecule has 3 aromatic rings. The van der Waals surface area contributed by atoms with Gasteiger partial charge in [0.1, 0.15) is 0 Å². The molecule has 2 bridgehead atoms. The van der Waals surface area contributed by atoms with Crippen LogP contribution in [0.5, 0.6) is 0 Å². The lowest BCUT2D eigenvalue weighted by Gasteiger charge is -2.39. The van der Waals surface area contributed by atoms with Crippen LogP contribution in [0, 0.1) is 10.8 Å². The lowest BCUT2D eigenvalue weighted by molar-refractivity contribution is 0.0474. The Balaban J connectivity index is 1.16. The van der Waals surface area contributed by atoms with E-state index < -0.39 is 22.6 Å². The fraction of sp³-hybridized carbons (Fsp3) is 0.375. The molecule has 0 radical (unpaired) electrons. The summed E-state index contributed by atoms with van der Waals surface area (Å²) in [6, 6.07) is 19.6. The molecule has 3 aromatic carbocycles. The van der Waals surface area contributed by atoms with Crippen LogP contribution in [0.2, 0.25) is 0 Å². The van der Waals surface area contributed by atoms with Crippen molar-refractivity contribution in [2.24, 2.45) is 10.8 Å². The number of hydrogen-bond acceptors (Lipinski definition) is 5. The number of fused-ring (bicyclic) bond motifs is 5. The van der Waals surface area contributed by atoms with Crippen molar-refractivity contribution in [2.45, 2.75) is 57.4 Å². The van der Waals surface area contributed by atoms with E-state index in [2.05, 4.69) is 26.8 Å². The lowest BCUT2D eigenvalue weighted by Crippen LogP contribution is -2.37. The molecule has 1 saturated carbocycles. The maximum Gasteiger partial charge on any atom is 0.338 e. The molecular formula is C32H33NO5S. The third-order valence-electron chi connectivity index (χ3n) is 8.50. The highest BCUT2D eigenvalue weighted by Gasteiger charge is 2.53. The van der Waals surface area contributed by atoms with Crippen LogP contribution in [-0.2, 0) is 21.2 Å². The van der Waals surface area contributed by atoms with E-state index in [1.165, 1.54) is 29.3 Å². The summed E-state index contributed by atoms with van der Waals surface area (Å²) in [5.74, 6) is -1.03.